The summed E-state index contributed by atoms with van der Waals surface area (Å²) >= 11 is 0. The van der Waals surface area contributed by atoms with Crippen LogP contribution in [0.3, 0.4) is 0 Å². The standard InChI is InChI=1S/C40H76N2O2/c1-3-5-7-9-11-13-19-25-31-39(33-27-21-15-17-23-29-35-41-37-43)40(32-26-20-14-12-10-8-6-4-2)34-28-22-16-18-24-30-36-42-38-44/h39-40H,3-36H2,1-2H3. The van der Waals surface area contributed by atoms with Crippen molar-refractivity contribution in [2.45, 2.75) is 219 Å². The smallest absolute Gasteiger partial charge is 0.211 e. The second-order valence-corrected chi connectivity index (χ2v) is 13.8. The third-order valence-electron chi connectivity index (χ3n) is 9.84. The van der Waals surface area contributed by atoms with E-state index < -0.39 is 0 Å². The summed E-state index contributed by atoms with van der Waals surface area (Å²) in [5.41, 5.74) is 0. The highest BCUT2D eigenvalue weighted by Gasteiger charge is 2.20. The van der Waals surface area contributed by atoms with Crippen LogP contribution in [0.1, 0.15) is 219 Å². The summed E-state index contributed by atoms with van der Waals surface area (Å²) in [5.74, 6) is 1.84. The molecule has 0 aliphatic carbocycles. The quantitative estimate of drug-likeness (QED) is 0.0396. The van der Waals surface area contributed by atoms with Gasteiger partial charge >= 0.3 is 0 Å². The molecular weight excluding hydrogens is 540 g/mol. The molecule has 0 aromatic heterocycles. The van der Waals surface area contributed by atoms with Gasteiger partial charge in [0.1, 0.15) is 0 Å². The Hall–Kier alpha value is -1.24. The van der Waals surface area contributed by atoms with Crippen molar-refractivity contribution in [3.05, 3.63) is 0 Å². The van der Waals surface area contributed by atoms with Gasteiger partial charge in [0, 0.05) is 0 Å². The minimum Gasteiger partial charge on any atom is -0.211 e. The molecule has 44 heavy (non-hydrogen) atoms. The SMILES string of the molecule is CCCCCCCCCCC(CCCCCCCCN=C=O)C(CCCCCCCCCC)CCCCCCCCN=C=O. The minimum atomic E-state index is 0.652. The number of rotatable bonds is 37. The van der Waals surface area contributed by atoms with Gasteiger partial charge in [-0.05, 0) is 24.7 Å². The van der Waals surface area contributed by atoms with E-state index in [-0.39, 0.29) is 0 Å². The molecule has 0 bridgehead atoms. The molecule has 0 amide bonds. The molecule has 0 aliphatic heterocycles. The van der Waals surface area contributed by atoms with E-state index >= 15 is 0 Å². The molecule has 258 valence electrons. The third-order valence-corrected chi connectivity index (χ3v) is 9.84. The zero-order chi connectivity index (χ0) is 32.0. The molecule has 0 spiro atoms. The molecule has 2 unspecified atom stereocenters. The van der Waals surface area contributed by atoms with Crippen molar-refractivity contribution in [1.82, 2.24) is 0 Å². The van der Waals surface area contributed by atoms with E-state index in [1.807, 2.05) is 0 Å². The molecule has 0 fully saturated rings. The van der Waals surface area contributed by atoms with Gasteiger partial charge < -0.3 is 0 Å². The summed E-state index contributed by atoms with van der Waals surface area (Å²) < 4.78 is 0. The normalized spacial score (nSPS) is 12.5. The van der Waals surface area contributed by atoms with Crippen molar-refractivity contribution in [2.75, 3.05) is 13.1 Å². The maximum Gasteiger partial charge on any atom is 0.234 e. The number of unbranched alkanes of at least 4 members (excludes halogenated alkanes) is 24. The minimum absolute atomic E-state index is 0.652. The number of carbonyl (C=O) groups excluding carboxylic acids is 2. The Morgan fingerprint density at radius 3 is 0.818 bits per heavy atom. The molecule has 0 saturated carbocycles. The Morgan fingerprint density at radius 2 is 0.568 bits per heavy atom. The van der Waals surface area contributed by atoms with Gasteiger partial charge in [0.05, 0.1) is 13.1 Å². The second kappa shape index (κ2) is 37.9. The summed E-state index contributed by atoms with van der Waals surface area (Å²) in [6.07, 6.45) is 47.0. The van der Waals surface area contributed by atoms with Gasteiger partial charge in [0.15, 0.2) is 0 Å². The Kier molecular flexibility index (Phi) is 36.9. The summed E-state index contributed by atoms with van der Waals surface area (Å²) in [4.78, 5) is 27.9. The maximum atomic E-state index is 10.3. The molecule has 4 heteroatoms. The van der Waals surface area contributed by atoms with Crippen molar-refractivity contribution in [1.29, 1.82) is 0 Å². The van der Waals surface area contributed by atoms with Crippen molar-refractivity contribution in [2.24, 2.45) is 21.8 Å². The topological polar surface area (TPSA) is 58.9 Å². The number of nitrogens with zero attached hydrogens (tertiary/aromatic N) is 2. The van der Waals surface area contributed by atoms with Crippen LogP contribution in [0.15, 0.2) is 9.98 Å². The average molecular weight is 617 g/mol. The van der Waals surface area contributed by atoms with Gasteiger partial charge in [-0.1, -0.05) is 206 Å². The van der Waals surface area contributed by atoms with Crippen LogP contribution in [0.25, 0.3) is 0 Å². The van der Waals surface area contributed by atoms with Crippen molar-refractivity contribution in [3.8, 4) is 0 Å². The predicted octanol–water partition coefficient (Wildman–Crippen LogP) is 13.4. The zero-order valence-electron chi connectivity index (χ0n) is 29.9. The first kappa shape index (κ1) is 42.8. The van der Waals surface area contributed by atoms with Crippen LogP contribution in [-0.4, -0.2) is 25.2 Å². The van der Waals surface area contributed by atoms with E-state index in [9.17, 15) is 9.59 Å². The van der Waals surface area contributed by atoms with Gasteiger partial charge in [-0.3, -0.25) is 0 Å². The number of hydrogen-bond donors (Lipinski definition) is 0. The molecule has 0 rings (SSSR count). The molecule has 0 aromatic carbocycles. The highest BCUT2D eigenvalue weighted by atomic mass is 16.1. The zero-order valence-corrected chi connectivity index (χ0v) is 29.9. The van der Waals surface area contributed by atoms with Crippen LogP contribution in [0.2, 0.25) is 0 Å². The molecule has 0 aromatic rings. The van der Waals surface area contributed by atoms with Gasteiger partial charge in [0.25, 0.3) is 0 Å². The first-order valence-electron chi connectivity index (χ1n) is 19.9. The molecule has 0 saturated heterocycles. The van der Waals surface area contributed by atoms with E-state index in [1.54, 1.807) is 12.2 Å². The largest absolute Gasteiger partial charge is 0.234 e. The molecule has 0 heterocycles. The molecule has 0 N–H and O–H groups in total. The first-order chi connectivity index (χ1) is 21.8. The second-order valence-electron chi connectivity index (χ2n) is 13.8. The van der Waals surface area contributed by atoms with Gasteiger partial charge in [0.2, 0.25) is 12.2 Å². The van der Waals surface area contributed by atoms with Gasteiger partial charge in [-0.25, -0.2) is 19.6 Å². The summed E-state index contributed by atoms with van der Waals surface area (Å²) in [6.45, 7) is 5.92. The van der Waals surface area contributed by atoms with Gasteiger partial charge in [-0.15, -0.1) is 0 Å². The maximum absolute atomic E-state index is 10.3. The molecule has 2 atom stereocenters. The Labute approximate surface area is 275 Å². The fraction of sp³-hybridized carbons (Fsp3) is 0.950. The fourth-order valence-corrected chi connectivity index (χ4v) is 7.01. The lowest BCUT2D eigenvalue weighted by molar-refractivity contribution is 0.236. The molecular formula is C40H76N2O2. The van der Waals surface area contributed by atoms with E-state index in [1.165, 1.54) is 193 Å². The summed E-state index contributed by atoms with van der Waals surface area (Å²) in [7, 11) is 0. The lowest BCUT2D eigenvalue weighted by Crippen LogP contribution is -2.16. The van der Waals surface area contributed by atoms with Crippen molar-refractivity contribution < 1.29 is 9.59 Å². The van der Waals surface area contributed by atoms with Crippen molar-refractivity contribution in [3.63, 3.8) is 0 Å². The first-order valence-corrected chi connectivity index (χ1v) is 19.9. The summed E-state index contributed by atoms with van der Waals surface area (Å²) in [5, 5.41) is 0. The van der Waals surface area contributed by atoms with Crippen LogP contribution in [0, 0.1) is 11.8 Å². The summed E-state index contributed by atoms with van der Waals surface area (Å²) in [6, 6.07) is 0. The van der Waals surface area contributed by atoms with Crippen molar-refractivity contribution >= 4 is 12.2 Å². The average Bonchev–Trinajstić information content (AvgIpc) is 3.03. The number of hydrogen-bond acceptors (Lipinski definition) is 4. The highest BCUT2D eigenvalue weighted by Crippen LogP contribution is 2.34. The Bertz CT molecular complexity index is 598. The number of isocyanates is 2. The molecule has 0 aliphatic rings. The van der Waals surface area contributed by atoms with E-state index in [4.69, 9.17) is 0 Å². The Morgan fingerprint density at radius 1 is 0.341 bits per heavy atom. The monoisotopic (exact) mass is 617 g/mol. The van der Waals surface area contributed by atoms with Gasteiger partial charge in [-0.2, -0.15) is 0 Å². The van der Waals surface area contributed by atoms with Crippen LogP contribution < -0.4 is 0 Å². The lowest BCUT2D eigenvalue weighted by Gasteiger charge is -2.28. The van der Waals surface area contributed by atoms with Crippen LogP contribution in [0.5, 0.6) is 0 Å². The van der Waals surface area contributed by atoms with Crippen LogP contribution in [-0.2, 0) is 9.59 Å². The van der Waals surface area contributed by atoms with E-state index in [0.29, 0.717) is 13.1 Å². The highest BCUT2D eigenvalue weighted by molar-refractivity contribution is 5.32. The van der Waals surface area contributed by atoms with Crippen LogP contribution in [0.4, 0.5) is 0 Å². The lowest BCUT2D eigenvalue weighted by atomic mass is 9.78. The third kappa shape index (κ3) is 32.2. The molecule has 4 nitrogen and oxygen atoms in total. The van der Waals surface area contributed by atoms with Crippen LogP contribution >= 0.6 is 0 Å². The Balaban J connectivity index is 4.81. The number of aliphatic imine (C=N–C) groups is 2. The predicted molar refractivity (Wildman–Crippen MR) is 192 cm³/mol. The van der Waals surface area contributed by atoms with E-state index in [0.717, 1.165) is 24.7 Å². The molecule has 0 radical (unpaired) electrons. The van der Waals surface area contributed by atoms with E-state index in [2.05, 4.69) is 23.8 Å². The fourth-order valence-electron chi connectivity index (χ4n) is 7.01.